The van der Waals surface area contributed by atoms with Gasteiger partial charge in [-0.25, -0.2) is 4.79 Å². The van der Waals surface area contributed by atoms with Crippen LogP contribution in [0.25, 0.3) is 0 Å². The lowest BCUT2D eigenvalue weighted by Crippen LogP contribution is -2.35. The molecule has 0 aromatic heterocycles. The highest BCUT2D eigenvalue weighted by molar-refractivity contribution is 5.98. The third-order valence-corrected chi connectivity index (χ3v) is 4.41. The molecule has 1 heterocycles. The van der Waals surface area contributed by atoms with E-state index in [1.807, 2.05) is 20.8 Å². The van der Waals surface area contributed by atoms with Crippen molar-refractivity contribution in [2.75, 3.05) is 18.6 Å². The summed E-state index contributed by atoms with van der Waals surface area (Å²) in [5, 5.41) is 10.0. The summed E-state index contributed by atoms with van der Waals surface area (Å²) in [5.41, 5.74) is 6.50. The van der Waals surface area contributed by atoms with E-state index in [-0.39, 0.29) is 30.4 Å². The van der Waals surface area contributed by atoms with E-state index < -0.39 is 11.4 Å². The van der Waals surface area contributed by atoms with Crippen LogP contribution in [0, 0.1) is 5.41 Å². The summed E-state index contributed by atoms with van der Waals surface area (Å²) in [6, 6.07) is 6.61. The minimum atomic E-state index is -0.454. The number of aliphatic imine (C=N–C) groups is 1. The second-order valence-electron chi connectivity index (χ2n) is 7.54. The quantitative estimate of drug-likeness (QED) is 0.342. The molecule has 0 unspecified atom stereocenters. The molecule has 1 aliphatic rings. The first-order chi connectivity index (χ1) is 12.6. The van der Waals surface area contributed by atoms with Crippen molar-refractivity contribution in [2.24, 2.45) is 16.1 Å². The summed E-state index contributed by atoms with van der Waals surface area (Å²) in [5.74, 6) is -0.118. The molecule has 156 valence electrons. The van der Waals surface area contributed by atoms with Crippen LogP contribution >= 0.6 is 0 Å². The van der Waals surface area contributed by atoms with Crippen LogP contribution in [0.4, 0.5) is 5.69 Å². The highest BCUT2D eigenvalue weighted by Crippen LogP contribution is 2.28. The maximum absolute atomic E-state index is 12.4. The molecule has 0 radical (unpaired) electrons. The third kappa shape index (κ3) is 5.56. The summed E-state index contributed by atoms with van der Waals surface area (Å²) >= 11 is 0. The number of amides is 1. The smallest absolute Gasteiger partial charge is 0.337 e. The Balaban J connectivity index is 0.00000392. The summed E-state index contributed by atoms with van der Waals surface area (Å²) in [4.78, 5) is 30.1. The van der Waals surface area contributed by atoms with E-state index in [0.29, 0.717) is 30.6 Å². The predicted molar refractivity (Wildman–Crippen MR) is 111 cm³/mol. The number of nitrogens with zero attached hydrogens (tertiary/aromatic N) is 2. The van der Waals surface area contributed by atoms with E-state index in [1.165, 1.54) is 13.2 Å². The van der Waals surface area contributed by atoms with Crippen molar-refractivity contribution in [3.63, 3.8) is 0 Å². The Morgan fingerprint density at radius 1 is 1.46 bits per heavy atom. The maximum atomic E-state index is 12.4. The summed E-state index contributed by atoms with van der Waals surface area (Å²) in [6.07, 6.45) is 2.50. The summed E-state index contributed by atoms with van der Waals surface area (Å²) < 4.78 is 4.74. The van der Waals surface area contributed by atoms with Crippen LogP contribution in [0.1, 0.15) is 45.4 Å². The number of methoxy groups -OCH3 is 1. The Hall–Kier alpha value is -2.87. The highest BCUT2D eigenvalue weighted by atomic mass is 16.5. The van der Waals surface area contributed by atoms with Gasteiger partial charge in [0.15, 0.2) is 0 Å². The topological polar surface area (TPSA) is 137 Å². The number of anilines is 1. The number of carbonyl (C=O) groups excluding carboxylic acids is 2. The second-order valence-corrected chi connectivity index (χ2v) is 7.54. The Morgan fingerprint density at radius 3 is 2.75 bits per heavy atom. The number of allylic oxidation sites excluding steroid dienone is 1. The third-order valence-electron chi connectivity index (χ3n) is 4.41. The molecule has 2 rings (SSSR count). The molecule has 1 aliphatic heterocycles. The average Bonchev–Trinajstić information content (AvgIpc) is 2.99. The molecule has 5 N–H and O–H groups in total. The first kappa shape index (κ1) is 23.2. The molecule has 1 saturated heterocycles. The molecule has 0 aliphatic carbocycles. The first-order valence-electron chi connectivity index (χ1n) is 8.85. The average molecular weight is 393 g/mol. The molecule has 0 bridgehead atoms. The number of carbonyl (C=O) groups is 2. The predicted octanol–water partition coefficient (Wildman–Crippen LogP) is 2.24. The molecular formula is C20H31N3O5. The number of rotatable bonds is 5. The number of aliphatic hydroxyl groups excluding tert-OH is 1. The monoisotopic (exact) mass is 393 g/mol. The van der Waals surface area contributed by atoms with Gasteiger partial charge in [-0.2, -0.15) is 0 Å². The zero-order valence-corrected chi connectivity index (χ0v) is 16.7. The Labute approximate surface area is 166 Å². The Bertz CT molecular complexity index is 787. The van der Waals surface area contributed by atoms with Gasteiger partial charge in [0.05, 0.1) is 25.3 Å². The lowest BCUT2D eigenvalue weighted by atomic mass is 9.93. The second kappa shape index (κ2) is 9.36. The van der Waals surface area contributed by atoms with E-state index in [1.54, 1.807) is 29.2 Å². The van der Waals surface area contributed by atoms with E-state index in [2.05, 4.69) is 4.99 Å². The number of amidine groups is 1. The van der Waals surface area contributed by atoms with Crippen molar-refractivity contribution < 1.29 is 26.3 Å². The van der Waals surface area contributed by atoms with E-state index in [0.717, 1.165) is 0 Å². The van der Waals surface area contributed by atoms with Gasteiger partial charge in [-0.15, -0.1) is 0 Å². The molecule has 28 heavy (non-hydrogen) atoms. The van der Waals surface area contributed by atoms with Crippen molar-refractivity contribution in [2.45, 2.75) is 39.7 Å². The van der Waals surface area contributed by atoms with Crippen molar-refractivity contribution >= 4 is 23.4 Å². The number of hydrogen-bond acceptors (Lipinski definition) is 5. The lowest BCUT2D eigenvalue weighted by molar-refractivity contribution is -0.117. The number of hydrogen-bond donors (Lipinski definition) is 2. The molecule has 1 aromatic carbocycles. The van der Waals surface area contributed by atoms with Gasteiger partial charge >= 0.3 is 5.97 Å². The van der Waals surface area contributed by atoms with Crippen LogP contribution < -0.4 is 10.6 Å². The normalized spacial score (nSPS) is 18.1. The van der Waals surface area contributed by atoms with Crippen molar-refractivity contribution in [1.82, 2.24) is 0 Å². The zero-order chi connectivity index (χ0) is 20.2. The minimum absolute atomic E-state index is 0. The molecule has 8 heteroatoms. The lowest BCUT2D eigenvalue weighted by Gasteiger charge is -2.24. The largest absolute Gasteiger partial charge is 0.512 e. The van der Waals surface area contributed by atoms with E-state index in [4.69, 9.17) is 10.5 Å². The van der Waals surface area contributed by atoms with Gasteiger partial charge in [0, 0.05) is 25.0 Å². The number of nitrogens with two attached hydrogens (primary N) is 1. The number of esters is 1. The van der Waals surface area contributed by atoms with Crippen molar-refractivity contribution in [1.29, 1.82) is 0 Å². The highest BCUT2D eigenvalue weighted by Gasteiger charge is 2.32. The van der Waals surface area contributed by atoms with Gasteiger partial charge in [-0.1, -0.05) is 26.8 Å². The van der Waals surface area contributed by atoms with E-state index in [9.17, 15) is 14.7 Å². The minimum Gasteiger partial charge on any atom is -0.512 e. The SMILES string of the molecule is COC(=O)c1cccc(N2C(=O)CC[C@H]2CN=C(N)/C=C(\O)C(C)(C)C)c1.O.[HH]. The van der Waals surface area contributed by atoms with Crippen LogP contribution in [-0.2, 0) is 9.53 Å². The van der Waals surface area contributed by atoms with Crippen LogP contribution in [0.15, 0.2) is 41.1 Å². The fourth-order valence-electron chi connectivity index (χ4n) is 2.78. The molecule has 0 saturated carbocycles. The fraction of sp³-hybridized carbons (Fsp3) is 0.450. The standard InChI is InChI=1S/C20H27N3O4.H2O.H2/c1-20(2,3)16(24)11-17(21)22-12-15-8-9-18(25)23(15)14-7-5-6-13(10-14)19(26)27-4;;/h5-7,10-11,15,24H,8-9,12H2,1-4H3,(H2,21,22);1H2;1H/b16-11-;;/t15-;;/m0../s1. The van der Waals surface area contributed by atoms with Gasteiger partial charge < -0.3 is 26.0 Å². The Morgan fingerprint density at radius 2 is 2.14 bits per heavy atom. The van der Waals surface area contributed by atoms with Gasteiger partial charge in [0.25, 0.3) is 0 Å². The molecule has 1 aromatic rings. The zero-order valence-electron chi connectivity index (χ0n) is 16.7. The molecular weight excluding hydrogens is 362 g/mol. The number of ether oxygens (including phenoxy) is 1. The van der Waals surface area contributed by atoms with Gasteiger partial charge in [0.1, 0.15) is 11.6 Å². The van der Waals surface area contributed by atoms with Crippen LogP contribution in [0.5, 0.6) is 0 Å². The molecule has 8 nitrogen and oxygen atoms in total. The maximum Gasteiger partial charge on any atom is 0.337 e. The van der Waals surface area contributed by atoms with Gasteiger partial charge in [0.2, 0.25) is 5.91 Å². The van der Waals surface area contributed by atoms with Crippen LogP contribution in [0.3, 0.4) is 0 Å². The number of benzene rings is 1. The summed E-state index contributed by atoms with van der Waals surface area (Å²) in [6.45, 7) is 5.93. The van der Waals surface area contributed by atoms with Gasteiger partial charge in [-0.05, 0) is 24.6 Å². The molecule has 0 spiro atoms. The van der Waals surface area contributed by atoms with Crippen molar-refractivity contribution in [3.8, 4) is 0 Å². The first-order valence-corrected chi connectivity index (χ1v) is 8.85. The summed E-state index contributed by atoms with van der Waals surface area (Å²) in [7, 11) is 1.32. The molecule has 1 atom stereocenters. The number of aliphatic hydroxyl groups is 1. The Kier molecular flexibility index (Phi) is 7.75. The van der Waals surface area contributed by atoms with Crippen molar-refractivity contribution in [3.05, 3.63) is 41.7 Å². The molecule has 1 fully saturated rings. The van der Waals surface area contributed by atoms with Crippen LogP contribution in [-0.4, -0.2) is 48.0 Å². The van der Waals surface area contributed by atoms with Crippen LogP contribution in [0.2, 0.25) is 0 Å². The van der Waals surface area contributed by atoms with Gasteiger partial charge in [-0.3, -0.25) is 9.79 Å². The molecule has 1 amide bonds. The fourth-order valence-corrected chi connectivity index (χ4v) is 2.78. The van der Waals surface area contributed by atoms with E-state index >= 15 is 0 Å².